The molecule has 0 aliphatic carbocycles. The van der Waals surface area contributed by atoms with Crippen LogP contribution in [0.3, 0.4) is 0 Å². The molecule has 0 heterocycles. The van der Waals surface area contributed by atoms with Gasteiger partial charge in [-0.2, -0.15) is 0 Å². The number of nitrogens with one attached hydrogen (secondary N) is 3. The third-order valence-corrected chi connectivity index (χ3v) is 3.61. The largest absolute Gasteiger partial charge is 0.481 e. The summed E-state index contributed by atoms with van der Waals surface area (Å²) in [6.45, 7) is 2.40. The smallest absolute Gasteiger partial charge is 0.326 e. The van der Waals surface area contributed by atoms with Crippen LogP contribution in [-0.2, 0) is 28.8 Å². The van der Waals surface area contributed by atoms with Crippen molar-refractivity contribution in [3.63, 3.8) is 0 Å². The summed E-state index contributed by atoms with van der Waals surface area (Å²) >= 11 is 0. The van der Waals surface area contributed by atoms with Crippen molar-refractivity contribution < 1.29 is 44.1 Å². The predicted octanol–water partition coefficient (Wildman–Crippen LogP) is -4.40. The number of hydrogen-bond acceptors (Lipinski definition) is 8. The second-order valence-electron chi connectivity index (χ2n) is 6.23. The van der Waals surface area contributed by atoms with Crippen molar-refractivity contribution in [2.24, 2.45) is 11.5 Å². The highest BCUT2D eigenvalue weighted by atomic mass is 16.4. The molecule has 4 amide bonds. The molecule has 5 atom stereocenters. The standard InChI is InChI=1S/C15H25N5O9/c1-5(12(25)20-8(15(28)29)4-10(23)24)18-13(26)7(3-9(16)22)19-14(27)11(17)6(2)21/h5-8,11,21H,3-4,17H2,1-2H3,(H2,16,22)(H,18,26)(H,19,27)(H,20,25)(H,23,24)(H,28,29). The van der Waals surface area contributed by atoms with Crippen molar-refractivity contribution in [2.75, 3.05) is 0 Å². The number of hydrogen-bond donors (Lipinski definition) is 8. The van der Waals surface area contributed by atoms with Crippen LogP contribution in [0.5, 0.6) is 0 Å². The van der Waals surface area contributed by atoms with E-state index in [1.165, 1.54) is 6.92 Å². The molecule has 0 saturated carbocycles. The Kier molecular flexibility index (Phi) is 10.3. The van der Waals surface area contributed by atoms with Crippen LogP contribution in [0.2, 0.25) is 0 Å². The van der Waals surface area contributed by atoms with Gasteiger partial charge in [-0.1, -0.05) is 0 Å². The van der Waals surface area contributed by atoms with Gasteiger partial charge in [0.05, 0.1) is 18.9 Å². The first-order valence-corrected chi connectivity index (χ1v) is 8.33. The summed E-state index contributed by atoms with van der Waals surface area (Å²) < 4.78 is 0. The predicted molar refractivity (Wildman–Crippen MR) is 94.8 cm³/mol. The first-order chi connectivity index (χ1) is 13.3. The normalized spacial score (nSPS) is 15.7. The summed E-state index contributed by atoms with van der Waals surface area (Å²) in [5, 5.41) is 33.1. The zero-order valence-electron chi connectivity index (χ0n) is 15.7. The Morgan fingerprint density at radius 2 is 1.34 bits per heavy atom. The van der Waals surface area contributed by atoms with Crippen LogP contribution < -0.4 is 27.4 Å². The van der Waals surface area contributed by atoms with Gasteiger partial charge in [0.1, 0.15) is 24.2 Å². The van der Waals surface area contributed by atoms with E-state index in [1.807, 2.05) is 5.32 Å². The third kappa shape index (κ3) is 9.48. The average molecular weight is 419 g/mol. The molecule has 0 aromatic carbocycles. The van der Waals surface area contributed by atoms with E-state index >= 15 is 0 Å². The van der Waals surface area contributed by atoms with Crippen LogP contribution >= 0.6 is 0 Å². The molecule has 14 heteroatoms. The van der Waals surface area contributed by atoms with Gasteiger partial charge >= 0.3 is 11.9 Å². The van der Waals surface area contributed by atoms with Gasteiger partial charge in [-0.15, -0.1) is 0 Å². The minimum atomic E-state index is -1.73. The fraction of sp³-hybridized carbons (Fsp3) is 0.600. The maximum Gasteiger partial charge on any atom is 0.326 e. The van der Waals surface area contributed by atoms with Gasteiger partial charge in [-0.05, 0) is 13.8 Å². The number of nitrogens with two attached hydrogens (primary N) is 2. The van der Waals surface area contributed by atoms with Gasteiger partial charge < -0.3 is 42.7 Å². The number of aliphatic hydroxyl groups excluding tert-OH is 1. The van der Waals surface area contributed by atoms with Gasteiger partial charge in [0.25, 0.3) is 0 Å². The molecule has 29 heavy (non-hydrogen) atoms. The summed E-state index contributed by atoms with van der Waals surface area (Å²) in [4.78, 5) is 69.0. The lowest BCUT2D eigenvalue weighted by molar-refractivity contribution is -0.147. The molecule has 0 aromatic rings. The van der Waals surface area contributed by atoms with Crippen LogP contribution in [0.15, 0.2) is 0 Å². The number of primary amides is 1. The number of carboxylic acids is 2. The van der Waals surface area contributed by atoms with E-state index in [0.717, 1.165) is 6.92 Å². The van der Waals surface area contributed by atoms with Gasteiger partial charge in [-0.25, -0.2) is 4.79 Å². The van der Waals surface area contributed by atoms with Crippen LogP contribution in [0.25, 0.3) is 0 Å². The lowest BCUT2D eigenvalue weighted by Crippen LogP contribution is -2.58. The summed E-state index contributed by atoms with van der Waals surface area (Å²) in [6, 6.07) is -6.00. The molecule has 0 fully saturated rings. The Labute approximate surface area is 165 Å². The zero-order valence-corrected chi connectivity index (χ0v) is 15.7. The molecule has 0 aliphatic heterocycles. The zero-order chi connectivity index (χ0) is 22.9. The van der Waals surface area contributed by atoms with Crippen molar-refractivity contribution in [1.29, 1.82) is 0 Å². The molecule has 0 bridgehead atoms. The SMILES string of the molecule is CC(NC(=O)C(CC(N)=O)NC(=O)C(N)C(C)O)C(=O)NC(CC(=O)O)C(=O)O. The summed E-state index contributed by atoms with van der Waals surface area (Å²) in [6.07, 6.45) is -2.78. The first kappa shape index (κ1) is 25.7. The fourth-order valence-electron chi connectivity index (χ4n) is 1.95. The van der Waals surface area contributed by atoms with E-state index in [1.54, 1.807) is 0 Å². The molecular weight excluding hydrogens is 394 g/mol. The van der Waals surface area contributed by atoms with Crippen molar-refractivity contribution in [2.45, 2.75) is 57.0 Å². The fourth-order valence-corrected chi connectivity index (χ4v) is 1.95. The molecule has 0 spiro atoms. The first-order valence-electron chi connectivity index (χ1n) is 8.33. The van der Waals surface area contributed by atoms with E-state index in [-0.39, 0.29) is 0 Å². The van der Waals surface area contributed by atoms with Gasteiger partial charge in [0, 0.05) is 0 Å². The highest BCUT2D eigenvalue weighted by Crippen LogP contribution is 1.99. The van der Waals surface area contributed by atoms with E-state index in [9.17, 15) is 33.9 Å². The Morgan fingerprint density at radius 1 is 0.828 bits per heavy atom. The summed E-state index contributed by atoms with van der Waals surface area (Å²) in [7, 11) is 0. The Morgan fingerprint density at radius 3 is 1.76 bits per heavy atom. The third-order valence-electron chi connectivity index (χ3n) is 3.61. The quantitative estimate of drug-likeness (QED) is 0.151. The minimum absolute atomic E-state index is 0.644. The summed E-state index contributed by atoms with van der Waals surface area (Å²) in [5.74, 6) is -7.00. The topological polar surface area (TPSA) is 251 Å². The van der Waals surface area contributed by atoms with Crippen molar-refractivity contribution >= 4 is 35.6 Å². The minimum Gasteiger partial charge on any atom is -0.481 e. The van der Waals surface area contributed by atoms with Crippen LogP contribution in [-0.4, -0.2) is 81.2 Å². The van der Waals surface area contributed by atoms with Crippen LogP contribution in [0, 0.1) is 0 Å². The summed E-state index contributed by atoms with van der Waals surface area (Å²) in [5.41, 5.74) is 10.5. The molecule has 0 rings (SSSR count). The van der Waals surface area contributed by atoms with Crippen LogP contribution in [0.4, 0.5) is 0 Å². The maximum atomic E-state index is 12.3. The van der Waals surface area contributed by atoms with Crippen molar-refractivity contribution in [3.8, 4) is 0 Å². The molecule has 10 N–H and O–H groups in total. The molecule has 14 nitrogen and oxygen atoms in total. The molecule has 5 unspecified atom stereocenters. The maximum absolute atomic E-state index is 12.3. The van der Waals surface area contributed by atoms with Crippen LogP contribution in [0.1, 0.15) is 26.7 Å². The van der Waals surface area contributed by atoms with E-state index in [4.69, 9.17) is 21.7 Å². The Bertz CT molecular complexity index is 667. The van der Waals surface area contributed by atoms with Gasteiger partial charge in [0.15, 0.2) is 0 Å². The number of carbonyl (C=O) groups is 6. The molecule has 0 saturated heterocycles. The van der Waals surface area contributed by atoms with E-state index in [0.29, 0.717) is 0 Å². The lowest BCUT2D eigenvalue weighted by Gasteiger charge is -2.23. The second-order valence-corrected chi connectivity index (χ2v) is 6.23. The van der Waals surface area contributed by atoms with Gasteiger partial charge in [-0.3, -0.25) is 24.0 Å². The molecule has 0 aliphatic rings. The van der Waals surface area contributed by atoms with E-state index < -0.39 is 78.7 Å². The lowest BCUT2D eigenvalue weighted by atomic mass is 10.1. The molecule has 164 valence electrons. The molecular formula is C15H25N5O9. The van der Waals surface area contributed by atoms with Gasteiger partial charge in [0.2, 0.25) is 23.6 Å². The van der Waals surface area contributed by atoms with E-state index in [2.05, 4.69) is 10.6 Å². The highest BCUT2D eigenvalue weighted by Gasteiger charge is 2.30. The number of aliphatic carboxylic acids is 2. The number of carbonyl (C=O) groups excluding carboxylic acids is 4. The average Bonchev–Trinajstić information content (AvgIpc) is 2.58. The number of rotatable bonds is 12. The number of amides is 4. The molecule has 0 radical (unpaired) electrons. The van der Waals surface area contributed by atoms with Crippen molar-refractivity contribution in [1.82, 2.24) is 16.0 Å². The highest BCUT2D eigenvalue weighted by molar-refractivity contribution is 5.96. The Hall–Kier alpha value is -3.26. The second kappa shape index (κ2) is 11.6. The molecule has 0 aromatic heterocycles. The van der Waals surface area contributed by atoms with Crippen molar-refractivity contribution in [3.05, 3.63) is 0 Å². The Balaban J connectivity index is 5.11. The number of aliphatic hydroxyl groups is 1. The monoisotopic (exact) mass is 419 g/mol. The number of carboxylic acid groups (broad SMARTS) is 2.